The Balaban J connectivity index is 0.00000131. The second-order valence-electron chi connectivity index (χ2n) is 6.89. The molecule has 1 atom stereocenters. The predicted octanol–water partition coefficient (Wildman–Crippen LogP) is 7.63. The number of hydrogen-bond donors (Lipinski definition) is 0. The van der Waals surface area contributed by atoms with Crippen LogP contribution >= 0.6 is 36.4 Å². The predicted molar refractivity (Wildman–Crippen MR) is 122 cm³/mol. The Kier molecular flexibility index (Phi) is 8.40. The average Bonchev–Trinajstić information content (AvgIpc) is 3.26. The summed E-state index contributed by atoms with van der Waals surface area (Å²) in [5.74, 6) is 0. The summed E-state index contributed by atoms with van der Waals surface area (Å²) >= 11 is 4.41. The van der Waals surface area contributed by atoms with Gasteiger partial charge in [-0.2, -0.15) is 0 Å². The first kappa shape index (κ1) is 22.9. The molecular formula is C22H23Cl3SiZr. The van der Waals surface area contributed by atoms with Crippen molar-refractivity contribution in [2.45, 2.75) is 23.1 Å². The Morgan fingerprint density at radius 3 is 2.41 bits per heavy atom. The van der Waals surface area contributed by atoms with E-state index in [2.05, 4.69) is 73.8 Å². The van der Waals surface area contributed by atoms with Crippen LogP contribution in [0.5, 0.6) is 0 Å². The van der Waals surface area contributed by atoms with Gasteiger partial charge < -0.3 is 0 Å². The topological polar surface area (TPSA) is 0 Å². The summed E-state index contributed by atoms with van der Waals surface area (Å²) in [7, 11) is 0. The first-order valence-corrected chi connectivity index (χ1v) is 18.0. The van der Waals surface area contributed by atoms with E-state index in [9.17, 15) is 0 Å². The summed E-state index contributed by atoms with van der Waals surface area (Å²) in [6.07, 6.45) is 13.2. The van der Waals surface area contributed by atoms with Crippen LogP contribution in [0, 0.1) is 0 Å². The summed E-state index contributed by atoms with van der Waals surface area (Å²) in [4.78, 5) is 0. The van der Waals surface area contributed by atoms with Crippen molar-refractivity contribution in [1.82, 2.24) is 0 Å². The smallest absolute Gasteiger partial charge is 0.147 e. The molecule has 0 radical (unpaired) electrons. The maximum Gasteiger partial charge on any atom is -0.147 e. The second kappa shape index (κ2) is 9.90. The number of fused-ring (bicyclic) bond motifs is 1. The summed E-state index contributed by atoms with van der Waals surface area (Å²) in [5, 5.41) is 0.796. The van der Waals surface area contributed by atoms with E-state index in [-0.39, 0.29) is 30.2 Å². The van der Waals surface area contributed by atoms with Gasteiger partial charge in [-0.25, -0.2) is 0 Å². The van der Waals surface area contributed by atoms with Gasteiger partial charge in [0.25, 0.3) is 0 Å². The minimum atomic E-state index is -1.66. The maximum absolute atomic E-state index is 6.07. The zero-order valence-electron chi connectivity index (χ0n) is 15.4. The summed E-state index contributed by atoms with van der Waals surface area (Å²) in [5.41, 5.74) is 5.36. The van der Waals surface area contributed by atoms with Crippen LogP contribution in [0.25, 0.3) is 17.2 Å². The molecule has 140 valence electrons. The van der Waals surface area contributed by atoms with Crippen LogP contribution < -0.4 is 0 Å². The molecule has 27 heavy (non-hydrogen) atoms. The summed E-state index contributed by atoms with van der Waals surface area (Å²) in [6.45, 7) is 5.07. The zero-order chi connectivity index (χ0) is 17.4. The molecule has 0 fully saturated rings. The van der Waals surface area contributed by atoms with Gasteiger partial charge in [0.05, 0.1) is 0 Å². The van der Waals surface area contributed by atoms with E-state index in [1.165, 1.54) is 23.1 Å². The Labute approximate surface area is 187 Å². The third-order valence-corrected chi connectivity index (χ3v) is 23.4. The van der Waals surface area contributed by atoms with Gasteiger partial charge in [-0.15, -0.1) is 24.8 Å². The molecule has 5 heteroatoms. The molecule has 0 aromatic heterocycles. The van der Waals surface area contributed by atoms with E-state index in [4.69, 9.17) is 11.6 Å². The van der Waals surface area contributed by atoms with Crippen molar-refractivity contribution in [3.8, 4) is 11.1 Å². The molecule has 4 rings (SSSR count). The number of hydrogen-bond acceptors (Lipinski definition) is 0. The van der Waals surface area contributed by atoms with E-state index in [1.54, 1.807) is 8.84 Å². The van der Waals surface area contributed by atoms with Crippen LogP contribution in [0.15, 0.2) is 70.0 Å². The van der Waals surface area contributed by atoms with Crippen molar-refractivity contribution >= 4 is 47.9 Å². The molecule has 0 amide bonds. The minimum absolute atomic E-state index is 0. The van der Waals surface area contributed by atoms with E-state index in [0.717, 1.165) is 5.02 Å². The zero-order valence-corrected chi connectivity index (χ0v) is 21.3. The molecule has 2 aliphatic rings. The molecule has 0 saturated carbocycles. The monoisotopic (exact) mass is 510 g/mol. The molecule has 2 aromatic rings. The first-order valence-electron chi connectivity index (χ1n) is 8.75. The Bertz CT molecular complexity index is 952. The van der Waals surface area contributed by atoms with Crippen molar-refractivity contribution in [1.29, 1.82) is 0 Å². The van der Waals surface area contributed by atoms with Gasteiger partial charge in [-0.05, 0) is 0 Å². The fraction of sp³-hybridized carbons (Fsp3) is 0.182. The Morgan fingerprint density at radius 1 is 1.04 bits per heavy atom. The van der Waals surface area contributed by atoms with Gasteiger partial charge in [0.1, 0.15) is 0 Å². The van der Waals surface area contributed by atoms with E-state index in [1.807, 2.05) is 12.1 Å². The number of rotatable bonds is 3. The van der Waals surface area contributed by atoms with Crippen LogP contribution in [0.1, 0.15) is 21.2 Å². The number of allylic oxidation sites excluding steroid dienone is 5. The molecule has 0 nitrogen and oxygen atoms in total. The largest absolute Gasteiger partial charge is 0.147 e. The standard InChI is InChI=1S/C15H10Cl.C5H5.C2H6Si.2ClH.Zr/c16-13-9-7-12(8-10-13)15-6-2-4-11-3-1-5-14(11)15;1-2-4-5-3-1;1-3-2;;;/h1-10H;1-3H,4H2;1-2H3;2*1H;. The Hall–Kier alpha value is -0.370. The normalized spacial score (nSPS) is 16.3. The fourth-order valence-electron chi connectivity index (χ4n) is 3.95. The van der Waals surface area contributed by atoms with E-state index >= 15 is 0 Å². The van der Waals surface area contributed by atoms with Crippen LogP contribution in [0.4, 0.5) is 0 Å². The van der Waals surface area contributed by atoms with Crippen LogP contribution in [0.2, 0.25) is 18.1 Å². The van der Waals surface area contributed by atoms with E-state index < -0.39 is 20.4 Å². The Morgan fingerprint density at radius 2 is 1.78 bits per heavy atom. The first-order chi connectivity index (χ1) is 12.1. The summed E-state index contributed by atoms with van der Waals surface area (Å²) < 4.78 is 2.51. The molecule has 2 aliphatic carbocycles. The van der Waals surface area contributed by atoms with E-state index in [0.29, 0.717) is 3.63 Å². The molecule has 0 N–H and O–H groups in total. The number of halogens is 3. The molecule has 0 spiro atoms. The van der Waals surface area contributed by atoms with Crippen LogP contribution in [-0.4, -0.2) is 5.43 Å². The van der Waals surface area contributed by atoms with Gasteiger partial charge in [0.2, 0.25) is 0 Å². The van der Waals surface area contributed by atoms with Crippen molar-refractivity contribution in [2.75, 3.05) is 0 Å². The maximum atomic E-state index is 6.07. The molecule has 0 saturated heterocycles. The van der Waals surface area contributed by atoms with Crippen molar-refractivity contribution in [3.05, 3.63) is 86.2 Å². The van der Waals surface area contributed by atoms with Gasteiger partial charge >= 0.3 is 164 Å². The molecule has 0 heterocycles. The third kappa shape index (κ3) is 4.62. The fourth-order valence-corrected chi connectivity index (χ4v) is 21.8. The second-order valence-corrected chi connectivity index (χ2v) is 25.0. The summed E-state index contributed by atoms with van der Waals surface area (Å²) in [6, 6.07) is 15.1. The molecule has 0 bridgehead atoms. The van der Waals surface area contributed by atoms with Crippen LogP contribution in [0.3, 0.4) is 0 Å². The minimum Gasteiger partial charge on any atom is -0.147 e. The molecular weight excluding hydrogens is 490 g/mol. The molecule has 1 unspecified atom stereocenters. The van der Waals surface area contributed by atoms with Gasteiger partial charge in [-0.1, -0.05) is 0 Å². The van der Waals surface area contributed by atoms with Gasteiger partial charge in [0.15, 0.2) is 0 Å². The van der Waals surface area contributed by atoms with Crippen LogP contribution in [-0.2, 0) is 20.4 Å². The van der Waals surface area contributed by atoms with Crippen molar-refractivity contribution in [2.24, 2.45) is 0 Å². The third-order valence-electron chi connectivity index (χ3n) is 5.05. The van der Waals surface area contributed by atoms with Crippen molar-refractivity contribution < 1.29 is 20.4 Å². The molecule has 2 aromatic carbocycles. The van der Waals surface area contributed by atoms with Crippen molar-refractivity contribution in [3.63, 3.8) is 0 Å². The number of benzene rings is 2. The van der Waals surface area contributed by atoms with Gasteiger partial charge in [-0.3, -0.25) is 0 Å². The van der Waals surface area contributed by atoms with Gasteiger partial charge in [0, 0.05) is 0 Å². The molecule has 0 aliphatic heterocycles. The average molecular weight is 513 g/mol. The SMILES string of the molecule is C[Si](C)=[Zr]([C]1=CC=CC1)[CH]1C=Cc2c(-c3ccc(Cl)cc3)cccc21.Cl.Cl. The quantitative estimate of drug-likeness (QED) is 0.371.